The van der Waals surface area contributed by atoms with Crippen molar-refractivity contribution >= 4 is 11.7 Å². The number of ether oxygens (including phenoxy) is 2. The first-order chi connectivity index (χ1) is 9.18. The Balaban J connectivity index is 1.59. The highest BCUT2D eigenvalue weighted by atomic mass is 32.1. The van der Waals surface area contributed by atoms with Gasteiger partial charge in [0.15, 0.2) is 0 Å². The van der Waals surface area contributed by atoms with E-state index in [1.807, 2.05) is 0 Å². The minimum Gasteiger partial charge on any atom is -0.473 e. The highest BCUT2D eigenvalue weighted by Crippen LogP contribution is 2.28. The number of hydrogen-bond acceptors (Lipinski definition) is 7. The van der Waals surface area contributed by atoms with Gasteiger partial charge in [-0.15, -0.1) is 4.37 Å². The molecular weight excluding hydrogens is 266 g/mol. The molecule has 1 unspecified atom stereocenters. The zero-order valence-electron chi connectivity index (χ0n) is 11.2. The first kappa shape index (κ1) is 14.6. The van der Waals surface area contributed by atoms with E-state index in [9.17, 15) is 5.11 Å². The number of hydrogen-bond donors (Lipinski definition) is 2. The zero-order chi connectivity index (χ0) is 13.6. The minimum absolute atomic E-state index is 0.234. The number of aromatic nitrogens is 2. The van der Waals surface area contributed by atoms with Crippen LogP contribution in [-0.4, -0.2) is 52.9 Å². The summed E-state index contributed by atoms with van der Waals surface area (Å²) in [6.07, 6.45) is 3.15. The van der Waals surface area contributed by atoms with Gasteiger partial charge in [-0.2, -0.15) is 4.37 Å². The van der Waals surface area contributed by atoms with Crippen LogP contribution in [0.4, 0.5) is 0 Å². The SMILES string of the molecule is CC1(CNCC(O)COc2cnsn2)CCOCC1. The summed E-state index contributed by atoms with van der Waals surface area (Å²) in [6, 6.07) is 0. The van der Waals surface area contributed by atoms with E-state index in [1.165, 1.54) is 0 Å². The Morgan fingerprint density at radius 2 is 2.37 bits per heavy atom. The monoisotopic (exact) mass is 287 g/mol. The highest BCUT2D eigenvalue weighted by Gasteiger charge is 2.26. The average molecular weight is 287 g/mol. The van der Waals surface area contributed by atoms with Gasteiger partial charge in [0.1, 0.15) is 18.9 Å². The summed E-state index contributed by atoms with van der Waals surface area (Å²) in [7, 11) is 0. The summed E-state index contributed by atoms with van der Waals surface area (Å²) < 4.78 is 18.4. The predicted octanol–water partition coefficient (Wildman–Crippen LogP) is 0.684. The maximum absolute atomic E-state index is 9.80. The lowest BCUT2D eigenvalue weighted by Gasteiger charge is -2.34. The number of aliphatic hydroxyl groups is 1. The minimum atomic E-state index is -0.537. The summed E-state index contributed by atoms with van der Waals surface area (Å²) >= 11 is 1.09. The molecule has 19 heavy (non-hydrogen) atoms. The van der Waals surface area contributed by atoms with Crippen molar-refractivity contribution in [3.8, 4) is 5.88 Å². The van der Waals surface area contributed by atoms with E-state index in [0.29, 0.717) is 12.4 Å². The van der Waals surface area contributed by atoms with E-state index >= 15 is 0 Å². The largest absolute Gasteiger partial charge is 0.473 e. The molecule has 1 aliphatic rings. The van der Waals surface area contributed by atoms with Crippen LogP contribution >= 0.6 is 11.7 Å². The molecule has 1 aromatic rings. The van der Waals surface area contributed by atoms with E-state index in [4.69, 9.17) is 9.47 Å². The van der Waals surface area contributed by atoms with E-state index in [2.05, 4.69) is 21.0 Å². The number of nitrogens with one attached hydrogen (secondary N) is 1. The topological polar surface area (TPSA) is 76.5 Å². The molecule has 0 spiro atoms. The van der Waals surface area contributed by atoms with Crippen molar-refractivity contribution in [1.29, 1.82) is 0 Å². The molecule has 2 N–H and O–H groups in total. The van der Waals surface area contributed by atoms with Crippen molar-refractivity contribution in [1.82, 2.24) is 14.1 Å². The molecule has 0 aliphatic carbocycles. The Morgan fingerprint density at radius 1 is 1.58 bits per heavy atom. The normalized spacial score (nSPS) is 20.1. The zero-order valence-corrected chi connectivity index (χ0v) is 12.0. The predicted molar refractivity (Wildman–Crippen MR) is 72.4 cm³/mol. The quantitative estimate of drug-likeness (QED) is 0.768. The number of aliphatic hydroxyl groups excluding tert-OH is 1. The van der Waals surface area contributed by atoms with Crippen molar-refractivity contribution in [2.75, 3.05) is 32.9 Å². The summed E-state index contributed by atoms with van der Waals surface area (Å²) in [5.41, 5.74) is 0.275. The Kier molecular flexibility index (Phi) is 5.50. The van der Waals surface area contributed by atoms with Crippen LogP contribution in [0.1, 0.15) is 19.8 Å². The van der Waals surface area contributed by atoms with Crippen LogP contribution < -0.4 is 10.1 Å². The molecule has 6 nitrogen and oxygen atoms in total. The molecule has 1 atom stereocenters. The van der Waals surface area contributed by atoms with E-state index in [0.717, 1.165) is 44.3 Å². The summed E-state index contributed by atoms with van der Waals surface area (Å²) in [5, 5.41) is 13.1. The molecule has 108 valence electrons. The first-order valence-electron chi connectivity index (χ1n) is 6.55. The number of nitrogens with zero attached hydrogens (tertiary/aromatic N) is 2. The average Bonchev–Trinajstić information content (AvgIpc) is 2.90. The third kappa shape index (κ3) is 5.02. The van der Waals surface area contributed by atoms with Crippen molar-refractivity contribution < 1.29 is 14.6 Å². The number of rotatable bonds is 7. The van der Waals surface area contributed by atoms with Gasteiger partial charge in [0.25, 0.3) is 0 Å². The Labute approximate surface area is 117 Å². The molecule has 1 aliphatic heterocycles. The van der Waals surface area contributed by atoms with Crippen LogP contribution in [0.5, 0.6) is 5.88 Å². The van der Waals surface area contributed by atoms with Gasteiger partial charge in [-0.1, -0.05) is 6.92 Å². The molecule has 1 saturated heterocycles. The lowest BCUT2D eigenvalue weighted by Crippen LogP contribution is -2.40. The maximum atomic E-state index is 9.80. The van der Waals surface area contributed by atoms with Gasteiger partial charge >= 0.3 is 0 Å². The van der Waals surface area contributed by atoms with E-state index in [1.54, 1.807) is 6.20 Å². The van der Waals surface area contributed by atoms with Gasteiger partial charge in [-0.3, -0.25) is 0 Å². The molecule has 7 heteroatoms. The first-order valence-corrected chi connectivity index (χ1v) is 7.28. The molecule has 0 radical (unpaired) electrons. The second-order valence-corrected chi connectivity index (χ2v) is 5.82. The second-order valence-electron chi connectivity index (χ2n) is 5.26. The molecular formula is C12H21N3O3S. The van der Waals surface area contributed by atoms with E-state index in [-0.39, 0.29) is 12.0 Å². The van der Waals surface area contributed by atoms with Gasteiger partial charge in [0.2, 0.25) is 5.88 Å². The van der Waals surface area contributed by atoms with Crippen molar-refractivity contribution in [3.63, 3.8) is 0 Å². The van der Waals surface area contributed by atoms with Crippen LogP contribution in [0, 0.1) is 5.41 Å². The fourth-order valence-electron chi connectivity index (χ4n) is 2.04. The Morgan fingerprint density at radius 3 is 3.05 bits per heavy atom. The molecule has 0 amide bonds. The van der Waals surface area contributed by atoms with Gasteiger partial charge in [-0.05, 0) is 18.3 Å². The van der Waals surface area contributed by atoms with Crippen molar-refractivity contribution in [2.45, 2.75) is 25.9 Å². The van der Waals surface area contributed by atoms with Crippen LogP contribution in [0.15, 0.2) is 6.20 Å². The van der Waals surface area contributed by atoms with Crippen LogP contribution in [0.2, 0.25) is 0 Å². The fourth-order valence-corrected chi connectivity index (χ4v) is 2.41. The Hall–Kier alpha value is -0.760. The van der Waals surface area contributed by atoms with E-state index < -0.39 is 6.10 Å². The lowest BCUT2D eigenvalue weighted by atomic mass is 9.82. The van der Waals surface area contributed by atoms with Gasteiger partial charge in [0, 0.05) is 26.3 Å². The molecule has 2 rings (SSSR count). The smallest absolute Gasteiger partial charge is 0.245 e. The summed E-state index contributed by atoms with van der Waals surface area (Å²) in [6.45, 7) is 5.58. The lowest BCUT2D eigenvalue weighted by molar-refractivity contribution is 0.0217. The third-order valence-electron chi connectivity index (χ3n) is 3.40. The van der Waals surface area contributed by atoms with Crippen LogP contribution in [0.3, 0.4) is 0 Å². The third-order valence-corrected chi connectivity index (χ3v) is 3.86. The highest BCUT2D eigenvalue weighted by molar-refractivity contribution is 6.99. The molecule has 1 aromatic heterocycles. The molecule has 0 bridgehead atoms. The van der Waals surface area contributed by atoms with Crippen LogP contribution in [-0.2, 0) is 4.74 Å². The van der Waals surface area contributed by atoms with Crippen molar-refractivity contribution in [3.05, 3.63) is 6.20 Å². The molecule has 0 saturated carbocycles. The molecule has 2 heterocycles. The summed E-state index contributed by atoms with van der Waals surface area (Å²) in [5.74, 6) is 0.473. The summed E-state index contributed by atoms with van der Waals surface area (Å²) in [4.78, 5) is 0. The van der Waals surface area contributed by atoms with Gasteiger partial charge in [0.05, 0.1) is 11.7 Å². The second kappa shape index (κ2) is 7.14. The van der Waals surface area contributed by atoms with Crippen molar-refractivity contribution in [2.24, 2.45) is 5.41 Å². The molecule has 0 aromatic carbocycles. The van der Waals surface area contributed by atoms with Crippen LogP contribution in [0.25, 0.3) is 0 Å². The fraction of sp³-hybridized carbons (Fsp3) is 0.833. The Bertz CT molecular complexity index is 355. The van der Waals surface area contributed by atoms with Gasteiger partial charge < -0.3 is 19.9 Å². The standard InChI is InChI=1S/C12H21N3O3S/c1-12(2-4-17-5-3-12)9-13-6-10(16)8-18-11-7-14-19-15-11/h7,10,13,16H,2-6,8-9H2,1H3. The molecule has 1 fully saturated rings. The van der Waals surface area contributed by atoms with Gasteiger partial charge in [-0.25, -0.2) is 0 Å². The maximum Gasteiger partial charge on any atom is 0.245 e.